The first kappa shape index (κ1) is 19.6. The van der Waals surface area contributed by atoms with Crippen molar-refractivity contribution < 1.29 is 9.59 Å². The van der Waals surface area contributed by atoms with Crippen LogP contribution in [0, 0.1) is 0 Å². The van der Waals surface area contributed by atoms with Gasteiger partial charge in [-0.05, 0) is 36.6 Å². The van der Waals surface area contributed by atoms with Gasteiger partial charge in [0.1, 0.15) is 6.04 Å². The molecule has 30 heavy (non-hydrogen) atoms. The summed E-state index contributed by atoms with van der Waals surface area (Å²) < 4.78 is 0. The van der Waals surface area contributed by atoms with E-state index in [0.717, 1.165) is 22.3 Å². The first-order chi connectivity index (χ1) is 14.5. The fourth-order valence-electron chi connectivity index (χ4n) is 3.84. The highest BCUT2D eigenvalue weighted by molar-refractivity contribution is 6.10. The van der Waals surface area contributed by atoms with Gasteiger partial charge in [0.15, 0.2) is 0 Å². The molecule has 4 nitrogen and oxygen atoms in total. The summed E-state index contributed by atoms with van der Waals surface area (Å²) in [6.45, 7) is 7.71. The van der Waals surface area contributed by atoms with Crippen molar-refractivity contribution in [2.24, 2.45) is 0 Å². The van der Waals surface area contributed by atoms with Gasteiger partial charge in [-0.3, -0.25) is 14.5 Å². The molecule has 1 heterocycles. The molecule has 0 saturated carbocycles. The van der Waals surface area contributed by atoms with Gasteiger partial charge in [0.05, 0.1) is 6.04 Å². The monoisotopic (exact) mass is 396 g/mol. The molecule has 0 bridgehead atoms. The van der Waals surface area contributed by atoms with Crippen LogP contribution in [0.25, 0.3) is 16.8 Å². The number of benzene rings is 3. The molecule has 0 spiro atoms. The molecule has 0 saturated heterocycles. The van der Waals surface area contributed by atoms with Crippen LogP contribution in [0.15, 0.2) is 85.4 Å². The number of nitrogens with zero attached hydrogens (tertiary/aromatic N) is 1. The molecule has 2 unspecified atom stereocenters. The van der Waals surface area contributed by atoms with Crippen LogP contribution in [0.4, 0.5) is 0 Å². The van der Waals surface area contributed by atoms with E-state index in [0.29, 0.717) is 11.3 Å². The van der Waals surface area contributed by atoms with Crippen LogP contribution in [-0.2, 0) is 4.79 Å². The van der Waals surface area contributed by atoms with E-state index in [4.69, 9.17) is 0 Å². The van der Waals surface area contributed by atoms with Crippen molar-refractivity contribution in [1.82, 2.24) is 10.2 Å². The zero-order chi connectivity index (χ0) is 21.3. The number of rotatable bonds is 5. The van der Waals surface area contributed by atoms with E-state index in [2.05, 4.69) is 36.2 Å². The molecule has 0 aliphatic carbocycles. The lowest BCUT2D eigenvalue weighted by Crippen LogP contribution is -2.45. The first-order valence-electron chi connectivity index (χ1n) is 10.0. The van der Waals surface area contributed by atoms with Crippen molar-refractivity contribution in [3.05, 3.63) is 102 Å². The number of nitrogens with one attached hydrogen (secondary N) is 1. The van der Waals surface area contributed by atoms with Gasteiger partial charge in [-0.25, -0.2) is 0 Å². The third kappa shape index (κ3) is 3.52. The molecule has 0 radical (unpaired) electrons. The van der Waals surface area contributed by atoms with Crippen LogP contribution in [-0.4, -0.2) is 22.8 Å². The lowest BCUT2D eigenvalue weighted by Gasteiger charge is -2.26. The average Bonchev–Trinajstić information content (AvgIpc) is 3.04. The summed E-state index contributed by atoms with van der Waals surface area (Å²) in [5.41, 5.74) is 5.23. The molecule has 3 aromatic carbocycles. The number of amides is 2. The number of carbonyl (C=O) groups excluding carboxylic acids is 2. The minimum Gasteiger partial charge on any atom is -0.348 e. The number of fused-ring (bicyclic) bond motifs is 1. The zero-order valence-corrected chi connectivity index (χ0v) is 17.1. The summed E-state index contributed by atoms with van der Waals surface area (Å²) in [5.74, 6) is -0.393. The molecule has 4 heteroatoms. The molecule has 4 rings (SSSR count). The Bertz CT molecular complexity index is 1070. The highest BCUT2D eigenvalue weighted by Crippen LogP contribution is 2.33. The fourth-order valence-corrected chi connectivity index (χ4v) is 3.84. The zero-order valence-electron chi connectivity index (χ0n) is 17.1. The Morgan fingerprint density at radius 2 is 1.40 bits per heavy atom. The number of hydrogen-bond acceptors (Lipinski definition) is 2. The summed E-state index contributed by atoms with van der Waals surface area (Å²) in [4.78, 5) is 27.1. The maximum atomic E-state index is 12.9. The number of carbonyl (C=O) groups is 2. The Hall–Kier alpha value is -3.66. The predicted octanol–water partition coefficient (Wildman–Crippen LogP) is 5.05. The lowest BCUT2D eigenvalue weighted by atomic mass is 10.0. The van der Waals surface area contributed by atoms with Crippen LogP contribution in [0.5, 0.6) is 0 Å². The van der Waals surface area contributed by atoms with Gasteiger partial charge < -0.3 is 5.32 Å². The van der Waals surface area contributed by atoms with E-state index >= 15 is 0 Å². The summed E-state index contributed by atoms with van der Waals surface area (Å²) in [6, 6.07) is 24.8. The van der Waals surface area contributed by atoms with Gasteiger partial charge in [-0.15, -0.1) is 0 Å². The molecule has 1 N–H and O–H groups in total. The van der Waals surface area contributed by atoms with Gasteiger partial charge in [0.2, 0.25) is 5.91 Å². The Morgan fingerprint density at radius 1 is 0.833 bits per heavy atom. The number of hydrogen-bond donors (Lipinski definition) is 1. The molecule has 0 aromatic heterocycles. The Kier molecular flexibility index (Phi) is 5.23. The average molecular weight is 396 g/mol. The summed E-state index contributed by atoms with van der Waals surface area (Å²) in [6.07, 6.45) is 0. The van der Waals surface area contributed by atoms with Crippen molar-refractivity contribution in [2.75, 3.05) is 0 Å². The SMILES string of the molecule is C=C1c2ccccc2C(=O)N1C(C)C(=O)NC(C)c1ccc(-c2ccccc2)cc1. The highest BCUT2D eigenvalue weighted by Gasteiger charge is 2.36. The van der Waals surface area contributed by atoms with Crippen LogP contribution in [0.2, 0.25) is 0 Å². The second-order valence-electron chi connectivity index (χ2n) is 7.56. The standard InChI is InChI=1S/C26H24N2O2/c1-17(20-13-15-22(16-14-20)21-9-5-4-6-10-21)27-25(29)19(3)28-18(2)23-11-7-8-12-24(23)26(28)30/h4-17,19H,2H2,1,3H3,(H,27,29). The van der Waals surface area contributed by atoms with Crippen molar-refractivity contribution >= 4 is 17.5 Å². The van der Waals surface area contributed by atoms with Crippen molar-refractivity contribution in [1.29, 1.82) is 0 Å². The lowest BCUT2D eigenvalue weighted by molar-refractivity contribution is -0.124. The van der Waals surface area contributed by atoms with E-state index in [9.17, 15) is 9.59 Å². The molecule has 2 atom stereocenters. The molecular weight excluding hydrogens is 372 g/mol. The van der Waals surface area contributed by atoms with Crippen LogP contribution >= 0.6 is 0 Å². The van der Waals surface area contributed by atoms with Gasteiger partial charge in [-0.2, -0.15) is 0 Å². The molecule has 150 valence electrons. The maximum absolute atomic E-state index is 12.9. The van der Waals surface area contributed by atoms with Gasteiger partial charge in [-0.1, -0.05) is 79.4 Å². The molecule has 3 aromatic rings. The van der Waals surface area contributed by atoms with E-state index in [1.54, 1.807) is 13.0 Å². The van der Waals surface area contributed by atoms with Crippen molar-refractivity contribution in [2.45, 2.75) is 25.9 Å². The van der Waals surface area contributed by atoms with Crippen LogP contribution in [0.3, 0.4) is 0 Å². The topological polar surface area (TPSA) is 49.4 Å². The largest absolute Gasteiger partial charge is 0.348 e. The third-order valence-electron chi connectivity index (χ3n) is 5.62. The van der Waals surface area contributed by atoms with Gasteiger partial charge in [0.25, 0.3) is 5.91 Å². The van der Waals surface area contributed by atoms with Gasteiger partial charge in [0, 0.05) is 16.8 Å². The third-order valence-corrected chi connectivity index (χ3v) is 5.62. The van der Waals surface area contributed by atoms with E-state index in [1.807, 2.05) is 55.5 Å². The fraction of sp³-hybridized carbons (Fsp3) is 0.154. The van der Waals surface area contributed by atoms with E-state index in [-0.39, 0.29) is 17.9 Å². The first-order valence-corrected chi connectivity index (χ1v) is 10.0. The quantitative estimate of drug-likeness (QED) is 0.656. The van der Waals surface area contributed by atoms with Gasteiger partial charge >= 0.3 is 0 Å². The van der Waals surface area contributed by atoms with Crippen LogP contribution < -0.4 is 5.32 Å². The van der Waals surface area contributed by atoms with Crippen LogP contribution in [0.1, 0.15) is 41.4 Å². The Morgan fingerprint density at radius 3 is 2.03 bits per heavy atom. The minimum absolute atomic E-state index is 0.182. The summed E-state index contributed by atoms with van der Waals surface area (Å²) in [5, 5.41) is 3.03. The normalized spacial score (nSPS) is 14.9. The minimum atomic E-state index is -0.650. The predicted molar refractivity (Wildman–Crippen MR) is 120 cm³/mol. The van der Waals surface area contributed by atoms with E-state index < -0.39 is 6.04 Å². The molecule has 2 amide bonds. The summed E-state index contributed by atoms with van der Waals surface area (Å²) in [7, 11) is 0. The van der Waals surface area contributed by atoms with E-state index in [1.165, 1.54) is 4.90 Å². The van der Waals surface area contributed by atoms with Crippen molar-refractivity contribution in [3.8, 4) is 11.1 Å². The highest BCUT2D eigenvalue weighted by atomic mass is 16.2. The molecule has 1 aliphatic rings. The Labute approximate surface area is 176 Å². The second-order valence-corrected chi connectivity index (χ2v) is 7.56. The molecular formula is C26H24N2O2. The summed E-state index contributed by atoms with van der Waals surface area (Å²) >= 11 is 0. The molecule has 0 fully saturated rings. The maximum Gasteiger partial charge on any atom is 0.259 e. The smallest absolute Gasteiger partial charge is 0.259 e. The second kappa shape index (κ2) is 7.99. The Balaban J connectivity index is 1.45. The molecule has 1 aliphatic heterocycles. The van der Waals surface area contributed by atoms with Crippen molar-refractivity contribution in [3.63, 3.8) is 0 Å².